The fourth-order valence-corrected chi connectivity index (χ4v) is 1.42. The minimum absolute atomic E-state index is 0.409. The van der Waals surface area contributed by atoms with Crippen molar-refractivity contribution in [2.75, 3.05) is 0 Å². The first-order chi connectivity index (χ1) is 6.02. The molecule has 1 aromatic heterocycles. The Morgan fingerprint density at radius 2 is 2.23 bits per heavy atom. The van der Waals surface area contributed by atoms with Crippen molar-refractivity contribution in [2.45, 2.75) is 27.2 Å². The zero-order chi connectivity index (χ0) is 10.0. The Morgan fingerprint density at radius 1 is 1.62 bits per heavy atom. The van der Waals surface area contributed by atoms with E-state index in [4.69, 9.17) is 5.11 Å². The van der Waals surface area contributed by atoms with Crippen LogP contribution in [0.5, 0.6) is 0 Å². The third kappa shape index (κ3) is 2.11. The minimum atomic E-state index is -0.847. The second kappa shape index (κ2) is 3.64. The van der Waals surface area contributed by atoms with E-state index in [2.05, 4.69) is 18.8 Å². The summed E-state index contributed by atoms with van der Waals surface area (Å²) in [6.07, 6.45) is 2.38. The van der Waals surface area contributed by atoms with Gasteiger partial charge in [-0.1, -0.05) is 13.8 Å². The summed E-state index contributed by atoms with van der Waals surface area (Å²) in [6, 6.07) is 0. The normalized spacial score (nSPS) is 10.8. The van der Waals surface area contributed by atoms with Crippen molar-refractivity contribution in [3.63, 3.8) is 0 Å². The van der Waals surface area contributed by atoms with Gasteiger partial charge in [-0.2, -0.15) is 0 Å². The molecule has 0 saturated carbocycles. The molecule has 0 aliphatic carbocycles. The zero-order valence-corrected chi connectivity index (χ0v) is 8.22. The highest BCUT2D eigenvalue weighted by molar-refractivity contribution is 5.89. The van der Waals surface area contributed by atoms with Gasteiger partial charge in [-0.15, -0.1) is 0 Å². The van der Waals surface area contributed by atoms with Gasteiger partial charge in [0, 0.05) is 11.9 Å². The molecule has 13 heavy (non-hydrogen) atoms. The third-order valence-corrected chi connectivity index (χ3v) is 2.05. The van der Waals surface area contributed by atoms with Crippen LogP contribution in [0.1, 0.15) is 35.5 Å². The maximum atomic E-state index is 10.8. The van der Waals surface area contributed by atoms with Crippen molar-refractivity contribution in [1.29, 1.82) is 0 Å². The van der Waals surface area contributed by atoms with E-state index in [1.165, 1.54) is 0 Å². The monoisotopic (exact) mass is 181 g/mol. The van der Waals surface area contributed by atoms with Gasteiger partial charge in [0.25, 0.3) is 0 Å². The first-order valence-electron chi connectivity index (χ1n) is 4.42. The summed E-state index contributed by atoms with van der Waals surface area (Å²) in [5, 5.41) is 8.87. The molecule has 72 valence electrons. The van der Waals surface area contributed by atoms with Gasteiger partial charge >= 0.3 is 5.97 Å². The first kappa shape index (κ1) is 9.84. The molecule has 0 fully saturated rings. The van der Waals surface area contributed by atoms with Crippen LogP contribution in [0.25, 0.3) is 0 Å². The summed E-state index contributed by atoms with van der Waals surface area (Å²) in [4.78, 5) is 13.7. The van der Waals surface area contributed by atoms with E-state index < -0.39 is 5.97 Å². The molecule has 0 saturated heterocycles. The average Bonchev–Trinajstić information content (AvgIpc) is 2.32. The van der Waals surface area contributed by atoms with E-state index in [1.54, 1.807) is 6.20 Å². The summed E-state index contributed by atoms with van der Waals surface area (Å²) >= 11 is 0. The number of hydrogen-bond donors (Lipinski definition) is 2. The molecule has 0 atom stereocenters. The number of aromatic nitrogens is 1. The molecule has 0 aliphatic rings. The summed E-state index contributed by atoms with van der Waals surface area (Å²) < 4.78 is 0. The summed E-state index contributed by atoms with van der Waals surface area (Å²) in [6.45, 7) is 6.07. The van der Waals surface area contributed by atoms with Crippen LogP contribution in [-0.2, 0) is 6.42 Å². The van der Waals surface area contributed by atoms with E-state index in [9.17, 15) is 4.79 Å². The molecule has 3 nitrogen and oxygen atoms in total. The van der Waals surface area contributed by atoms with Crippen molar-refractivity contribution in [3.8, 4) is 0 Å². The quantitative estimate of drug-likeness (QED) is 0.751. The highest BCUT2D eigenvalue weighted by Gasteiger charge is 2.14. The van der Waals surface area contributed by atoms with Crippen molar-refractivity contribution < 1.29 is 9.90 Å². The van der Waals surface area contributed by atoms with Crippen molar-refractivity contribution in [1.82, 2.24) is 4.98 Å². The van der Waals surface area contributed by atoms with E-state index in [1.807, 2.05) is 6.92 Å². The fraction of sp³-hybridized carbons (Fsp3) is 0.500. The molecular weight excluding hydrogens is 166 g/mol. The number of hydrogen-bond acceptors (Lipinski definition) is 1. The zero-order valence-electron chi connectivity index (χ0n) is 8.22. The molecule has 0 aromatic carbocycles. The number of carbonyl (C=O) groups is 1. The Bertz CT molecular complexity index is 313. The molecule has 0 aliphatic heterocycles. The molecule has 0 amide bonds. The summed E-state index contributed by atoms with van der Waals surface area (Å²) in [5.41, 5.74) is 2.31. The third-order valence-electron chi connectivity index (χ3n) is 2.05. The van der Waals surface area contributed by atoms with Crippen molar-refractivity contribution in [3.05, 3.63) is 23.0 Å². The molecular formula is C10H15NO2. The number of aromatic amines is 1. The van der Waals surface area contributed by atoms with Gasteiger partial charge in [-0.25, -0.2) is 4.79 Å². The van der Waals surface area contributed by atoms with Crippen LogP contribution in [0.3, 0.4) is 0 Å². The topological polar surface area (TPSA) is 53.1 Å². The molecule has 2 N–H and O–H groups in total. The average molecular weight is 181 g/mol. The van der Waals surface area contributed by atoms with Crippen molar-refractivity contribution in [2.24, 2.45) is 5.92 Å². The van der Waals surface area contributed by atoms with Crippen molar-refractivity contribution >= 4 is 5.97 Å². The lowest BCUT2D eigenvalue weighted by Crippen LogP contribution is -2.03. The maximum Gasteiger partial charge on any atom is 0.337 e. The Labute approximate surface area is 77.8 Å². The van der Waals surface area contributed by atoms with Gasteiger partial charge in [0.05, 0.1) is 5.56 Å². The summed E-state index contributed by atoms with van der Waals surface area (Å²) in [7, 11) is 0. The lowest BCUT2D eigenvalue weighted by atomic mass is 10.00. The van der Waals surface area contributed by atoms with E-state index in [0.29, 0.717) is 11.5 Å². The summed E-state index contributed by atoms with van der Waals surface area (Å²) in [5.74, 6) is -0.368. The van der Waals surface area contributed by atoms with Crippen LogP contribution in [0, 0.1) is 12.8 Å². The molecule has 1 aromatic rings. The molecule has 0 unspecified atom stereocenters. The smallest absolute Gasteiger partial charge is 0.337 e. The van der Waals surface area contributed by atoms with Crippen LogP contribution in [0.2, 0.25) is 0 Å². The number of nitrogens with one attached hydrogen (secondary N) is 1. The minimum Gasteiger partial charge on any atom is -0.478 e. The van der Waals surface area contributed by atoms with E-state index >= 15 is 0 Å². The lowest BCUT2D eigenvalue weighted by Gasteiger charge is -2.05. The highest BCUT2D eigenvalue weighted by Crippen LogP contribution is 2.17. The van der Waals surface area contributed by atoms with Crippen LogP contribution < -0.4 is 0 Å². The Hall–Kier alpha value is -1.25. The predicted octanol–water partition coefficient (Wildman–Crippen LogP) is 2.22. The highest BCUT2D eigenvalue weighted by atomic mass is 16.4. The van der Waals surface area contributed by atoms with E-state index in [0.717, 1.165) is 17.7 Å². The van der Waals surface area contributed by atoms with Gasteiger partial charge in [0.15, 0.2) is 0 Å². The standard InChI is InChI=1S/C10H15NO2/c1-6(2)4-8-7(3)11-5-9(8)10(12)13/h5-6,11H,4H2,1-3H3,(H,12,13). The van der Waals surface area contributed by atoms with Gasteiger partial charge in [0.1, 0.15) is 0 Å². The first-order valence-corrected chi connectivity index (χ1v) is 4.42. The fourth-order valence-electron chi connectivity index (χ4n) is 1.42. The molecule has 3 heteroatoms. The Kier molecular flexibility index (Phi) is 2.76. The number of carboxylic acid groups (broad SMARTS) is 1. The SMILES string of the molecule is Cc1[nH]cc(C(=O)O)c1CC(C)C. The second-order valence-electron chi connectivity index (χ2n) is 3.71. The van der Waals surface area contributed by atoms with Crippen LogP contribution >= 0.6 is 0 Å². The van der Waals surface area contributed by atoms with Gasteiger partial charge in [0.2, 0.25) is 0 Å². The largest absolute Gasteiger partial charge is 0.478 e. The Morgan fingerprint density at radius 3 is 2.69 bits per heavy atom. The number of H-pyrrole nitrogens is 1. The van der Waals surface area contributed by atoms with E-state index in [-0.39, 0.29) is 0 Å². The number of rotatable bonds is 3. The van der Waals surface area contributed by atoms with Gasteiger partial charge in [-0.3, -0.25) is 0 Å². The van der Waals surface area contributed by atoms with Crippen LogP contribution in [0.15, 0.2) is 6.20 Å². The molecule has 0 spiro atoms. The van der Waals surface area contributed by atoms with Crippen LogP contribution in [-0.4, -0.2) is 16.1 Å². The van der Waals surface area contributed by atoms with Gasteiger partial charge < -0.3 is 10.1 Å². The predicted molar refractivity (Wildman–Crippen MR) is 51.0 cm³/mol. The Balaban J connectivity index is 3.01. The second-order valence-corrected chi connectivity index (χ2v) is 3.71. The number of aryl methyl sites for hydroxylation is 1. The molecule has 0 bridgehead atoms. The molecule has 1 rings (SSSR count). The number of aromatic carboxylic acids is 1. The lowest BCUT2D eigenvalue weighted by molar-refractivity contribution is 0.0696. The molecule has 0 radical (unpaired) electrons. The van der Waals surface area contributed by atoms with Gasteiger partial charge in [-0.05, 0) is 24.8 Å². The molecule has 1 heterocycles. The maximum absolute atomic E-state index is 10.8. The number of carboxylic acids is 1. The van der Waals surface area contributed by atoms with Crippen LogP contribution in [0.4, 0.5) is 0 Å².